The highest BCUT2D eigenvalue weighted by atomic mass is 15.0. The molecule has 1 heteroatoms. The molecule has 1 nitrogen and oxygen atoms in total. The van der Waals surface area contributed by atoms with E-state index in [1.807, 2.05) is 0 Å². The maximum absolute atomic E-state index is 2.44. The van der Waals surface area contributed by atoms with Gasteiger partial charge in [-0.25, -0.2) is 0 Å². The Balaban J connectivity index is 2.88. The Labute approximate surface area is 115 Å². The zero-order chi connectivity index (χ0) is 13.8. The summed E-state index contributed by atoms with van der Waals surface area (Å²) in [6.07, 6.45) is 8.63. The number of nitrogens with zero attached hydrogens (tertiary/aromatic N) is 1. The van der Waals surface area contributed by atoms with Crippen LogP contribution in [-0.2, 0) is 6.54 Å². The molecule has 0 unspecified atom stereocenters. The van der Waals surface area contributed by atoms with Gasteiger partial charge >= 0.3 is 0 Å². The molecule has 2 aromatic rings. The van der Waals surface area contributed by atoms with Gasteiger partial charge in [0.15, 0.2) is 0 Å². The summed E-state index contributed by atoms with van der Waals surface area (Å²) in [5.41, 5.74) is 1.33. The van der Waals surface area contributed by atoms with Gasteiger partial charge in [-0.2, -0.15) is 0 Å². The summed E-state index contributed by atoms with van der Waals surface area (Å²) in [5.74, 6) is 0.643. The third-order valence-corrected chi connectivity index (χ3v) is 3.33. The molecule has 0 spiro atoms. The highest BCUT2D eigenvalue weighted by molar-refractivity contribution is 5.82. The van der Waals surface area contributed by atoms with Gasteiger partial charge in [0, 0.05) is 28.0 Å². The molecular formula is C18H23N. The number of aromatic nitrogens is 1. The average molecular weight is 253 g/mol. The Kier molecular flexibility index (Phi) is 4.26. The minimum Gasteiger partial charge on any atom is -0.340 e. The highest BCUT2D eigenvalue weighted by Gasteiger charge is 2.07. The molecule has 100 valence electrons. The van der Waals surface area contributed by atoms with Crippen molar-refractivity contribution in [2.45, 2.75) is 34.2 Å². The quantitative estimate of drug-likeness (QED) is 0.789. The summed E-state index contributed by atoms with van der Waals surface area (Å²) in [6.45, 7) is 9.77. The van der Waals surface area contributed by atoms with Gasteiger partial charge in [0.25, 0.3) is 0 Å². The van der Waals surface area contributed by atoms with Crippen molar-refractivity contribution in [1.29, 1.82) is 0 Å². The maximum atomic E-state index is 2.44. The molecule has 0 amide bonds. The summed E-state index contributed by atoms with van der Waals surface area (Å²) in [7, 11) is 0. The standard InChI is InChI=1S/C18H23N/c1-5-7-10-15-16-11-8-9-12-18(16)19(13-14(3)4)17(15)6-2/h5-12,14H,13H2,1-4H3/b7-5-,15-10-,17-6?. The van der Waals surface area contributed by atoms with Gasteiger partial charge < -0.3 is 4.57 Å². The van der Waals surface area contributed by atoms with E-state index in [0.29, 0.717) is 5.92 Å². The van der Waals surface area contributed by atoms with Crippen LogP contribution >= 0.6 is 0 Å². The molecule has 0 N–H and O–H groups in total. The number of allylic oxidation sites excluding steroid dienone is 2. The summed E-state index contributed by atoms with van der Waals surface area (Å²) in [5, 5.41) is 4.00. The van der Waals surface area contributed by atoms with Crippen LogP contribution in [0.5, 0.6) is 0 Å². The zero-order valence-electron chi connectivity index (χ0n) is 12.4. The van der Waals surface area contributed by atoms with E-state index in [1.165, 1.54) is 21.5 Å². The molecule has 0 atom stereocenters. The second-order valence-electron chi connectivity index (χ2n) is 5.30. The van der Waals surface area contributed by atoms with E-state index in [1.54, 1.807) is 0 Å². The minimum absolute atomic E-state index is 0.643. The lowest BCUT2D eigenvalue weighted by molar-refractivity contribution is 0.527. The Morgan fingerprint density at radius 2 is 1.89 bits per heavy atom. The number of benzene rings is 1. The first-order valence-electron chi connectivity index (χ1n) is 7.05. The molecule has 0 aliphatic carbocycles. The predicted molar refractivity (Wildman–Crippen MR) is 85.4 cm³/mol. The SMILES string of the molecule is CC=c1/c(=C\C=C/C)c2ccccc2n1CC(C)C. The Morgan fingerprint density at radius 3 is 2.53 bits per heavy atom. The van der Waals surface area contributed by atoms with Crippen molar-refractivity contribution in [3.05, 3.63) is 47.0 Å². The number of fused-ring (bicyclic) bond motifs is 1. The van der Waals surface area contributed by atoms with Gasteiger partial charge in [-0.3, -0.25) is 0 Å². The second kappa shape index (κ2) is 5.92. The number of hydrogen-bond donors (Lipinski definition) is 0. The number of hydrogen-bond acceptors (Lipinski definition) is 0. The van der Waals surface area contributed by atoms with Gasteiger partial charge in [-0.05, 0) is 25.8 Å². The fourth-order valence-electron chi connectivity index (χ4n) is 2.59. The van der Waals surface area contributed by atoms with Gasteiger partial charge in [-0.15, -0.1) is 0 Å². The molecule has 0 saturated heterocycles. The Hall–Kier alpha value is -1.76. The normalized spacial score (nSPS) is 14.4. The molecule has 0 fully saturated rings. The van der Waals surface area contributed by atoms with Gasteiger partial charge in [0.05, 0.1) is 0 Å². The number of para-hydroxylation sites is 1. The molecule has 1 aromatic carbocycles. The molecule has 2 rings (SSSR count). The lowest BCUT2D eigenvalue weighted by atomic mass is 10.2. The third-order valence-electron chi connectivity index (χ3n) is 3.33. The molecule has 1 aromatic heterocycles. The zero-order valence-corrected chi connectivity index (χ0v) is 12.4. The van der Waals surface area contributed by atoms with Crippen LogP contribution in [0.3, 0.4) is 0 Å². The third kappa shape index (κ3) is 2.65. The molecule has 1 heterocycles. The first-order valence-corrected chi connectivity index (χ1v) is 7.05. The van der Waals surface area contributed by atoms with Crippen molar-refractivity contribution in [2.75, 3.05) is 0 Å². The van der Waals surface area contributed by atoms with Gasteiger partial charge in [0.1, 0.15) is 0 Å². The first-order chi connectivity index (χ1) is 9.19. The lowest BCUT2D eigenvalue weighted by Crippen LogP contribution is -2.30. The Bertz CT molecular complexity index is 699. The molecule has 0 saturated carbocycles. The van der Waals surface area contributed by atoms with Crippen molar-refractivity contribution in [2.24, 2.45) is 5.92 Å². The summed E-state index contributed by atoms with van der Waals surface area (Å²) in [6, 6.07) is 8.68. The molecule has 0 bridgehead atoms. The van der Waals surface area contributed by atoms with Crippen LogP contribution in [0.1, 0.15) is 27.7 Å². The van der Waals surface area contributed by atoms with E-state index in [9.17, 15) is 0 Å². The van der Waals surface area contributed by atoms with Crippen molar-refractivity contribution in [1.82, 2.24) is 4.57 Å². The minimum atomic E-state index is 0.643. The van der Waals surface area contributed by atoms with Crippen LogP contribution in [0.25, 0.3) is 23.1 Å². The molecule has 19 heavy (non-hydrogen) atoms. The van der Waals surface area contributed by atoms with Crippen LogP contribution < -0.4 is 10.6 Å². The highest BCUT2D eigenvalue weighted by Crippen LogP contribution is 2.10. The van der Waals surface area contributed by atoms with Crippen LogP contribution in [0.4, 0.5) is 0 Å². The van der Waals surface area contributed by atoms with E-state index in [0.717, 1.165) is 6.54 Å². The van der Waals surface area contributed by atoms with Crippen LogP contribution in [0.15, 0.2) is 36.4 Å². The van der Waals surface area contributed by atoms with E-state index in [2.05, 4.69) is 80.8 Å². The summed E-state index contributed by atoms with van der Waals surface area (Å²) >= 11 is 0. The molecular weight excluding hydrogens is 230 g/mol. The van der Waals surface area contributed by atoms with Crippen molar-refractivity contribution >= 4 is 23.1 Å². The van der Waals surface area contributed by atoms with E-state index in [-0.39, 0.29) is 0 Å². The average Bonchev–Trinajstić information content (AvgIpc) is 2.69. The van der Waals surface area contributed by atoms with E-state index < -0.39 is 0 Å². The van der Waals surface area contributed by atoms with Crippen molar-refractivity contribution in [3.63, 3.8) is 0 Å². The van der Waals surface area contributed by atoms with Crippen molar-refractivity contribution in [3.8, 4) is 0 Å². The van der Waals surface area contributed by atoms with Gasteiger partial charge in [-0.1, -0.05) is 56.4 Å². The first kappa shape index (κ1) is 13.7. The monoisotopic (exact) mass is 253 g/mol. The predicted octanol–water partition coefficient (Wildman–Crippen LogP) is 3.45. The van der Waals surface area contributed by atoms with Gasteiger partial charge in [0.2, 0.25) is 0 Å². The Morgan fingerprint density at radius 1 is 1.16 bits per heavy atom. The van der Waals surface area contributed by atoms with E-state index in [4.69, 9.17) is 0 Å². The fourth-order valence-corrected chi connectivity index (χ4v) is 2.59. The molecule has 0 aliphatic heterocycles. The topological polar surface area (TPSA) is 4.93 Å². The fraction of sp³-hybridized carbons (Fsp3) is 0.333. The van der Waals surface area contributed by atoms with Crippen molar-refractivity contribution < 1.29 is 0 Å². The van der Waals surface area contributed by atoms with Crippen LogP contribution in [-0.4, -0.2) is 4.57 Å². The number of rotatable bonds is 3. The second-order valence-corrected chi connectivity index (χ2v) is 5.30. The van der Waals surface area contributed by atoms with Crippen LogP contribution in [0.2, 0.25) is 0 Å². The smallest absolute Gasteiger partial charge is 0.0491 e. The largest absolute Gasteiger partial charge is 0.340 e. The lowest BCUT2D eigenvalue weighted by Gasteiger charge is -2.09. The molecule has 0 aliphatic rings. The van der Waals surface area contributed by atoms with E-state index >= 15 is 0 Å². The van der Waals surface area contributed by atoms with Crippen LogP contribution in [0, 0.1) is 5.92 Å². The maximum Gasteiger partial charge on any atom is 0.0491 e. The molecule has 0 radical (unpaired) electrons. The summed E-state index contributed by atoms with van der Waals surface area (Å²) < 4.78 is 2.44. The summed E-state index contributed by atoms with van der Waals surface area (Å²) in [4.78, 5) is 0.